The second kappa shape index (κ2) is 59.0. The molecule has 0 radical (unpaired) electrons. The van der Waals surface area contributed by atoms with E-state index in [1.807, 2.05) is 11.8 Å². The molecule has 398 valence electrons. The molecule has 0 saturated heterocycles. The van der Waals surface area contributed by atoms with Gasteiger partial charge in [-0.2, -0.15) is 0 Å². The van der Waals surface area contributed by atoms with E-state index < -0.39 is 0 Å². The molecule has 0 fully saturated rings. The topological polar surface area (TPSA) is 75.7 Å². The predicted octanol–water partition coefficient (Wildman–Crippen LogP) is 16.5. The van der Waals surface area contributed by atoms with Gasteiger partial charge in [0, 0.05) is 39.3 Å². The second-order valence-corrected chi connectivity index (χ2v) is 19.2. The van der Waals surface area contributed by atoms with Crippen molar-refractivity contribution in [2.24, 2.45) is 0 Å². The van der Waals surface area contributed by atoms with Gasteiger partial charge in [-0.25, -0.2) is 0 Å². The molecule has 8 nitrogen and oxygen atoms in total. The van der Waals surface area contributed by atoms with Gasteiger partial charge in [-0.15, -0.1) is 0 Å². The minimum Gasteiger partial charge on any atom is -0.379 e. The van der Waals surface area contributed by atoms with Gasteiger partial charge in [-0.1, -0.05) is 199 Å². The predicted molar refractivity (Wildman–Crippen MR) is 288 cm³/mol. The third kappa shape index (κ3) is 53.9. The lowest BCUT2D eigenvalue weighted by molar-refractivity contribution is -0.135. The maximum atomic E-state index is 13.7. The van der Waals surface area contributed by atoms with E-state index in [4.69, 9.17) is 28.4 Å². The van der Waals surface area contributed by atoms with Gasteiger partial charge in [0.1, 0.15) is 0 Å². The first kappa shape index (κ1) is 65.7. The highest BCUT2D eigenvalue weighted by molar-refractivity contribution is 5.76. The molecule has 0 aliphatic heterocycles. The van der Waals surface area contributed by atoms with E-state index in [-0.39, 0.29) is 12.0 Å². The van der Waals surface area contributed by atoms with E-state index in [1.165, 1.54) is 199 Å². The van der Waals surface area contributed by atoms with Crippen LogP contribution in [0.3, 0.4) is 0 Å². The maximum absolute atomic E-state index is 13.7. The Morgan fingerprint density at radius 1 is 0.373 bits per heavy atom. The normalized spacial score (nSPS) is 12.4. The minimum absolute atomic E-state index is 0.138. The molecule has 0 N–H and O–H groups in total. The molecule has 1 amide bonds. The molecule has 0 aliphatic carbocycles. The van der Waals surface area contributed by atoms with E-state index in [9.17, 15) is 4.79 Å². The van der Waals surface area contributed by atoms with E-state index in [0.29, 0.717) is 85.6 Å². The number of carbonyl (C=O) groups excluding carboxylic acids is 1. The highest BCUT2D eigenvalue weighted by Crippen LogP contribution is 2.14. The van der Waals surface area contributed by atoms with E-state index in [1.54, 1.807) is 0 Å². The summed E-state index contributed by atoms with van der Waals surface area (Å²) < 4.78 is 35.4. The molecule has 0 aliphatic rings. The summed E-state index contributed by atoms with van der Waals surface area (Å²) >= 11 is 0. The van der Waals surface area contributed by atoms with Crippen LogP contribution in [-0.2, 0) is 33.2 Å². The Balaban J connectivity index is 4.87. The summed E-state index contributed by atoms with van der Waals surface area (Å²) in [6.45, 7) is 16.4. The van der Waals surface area contributed by atoms with Crippen LogP contribution in [0.4, 0.5) is 0 Å². The molecule has 1 atom stereocenters. The standard InChI is InChI=1S/C59H115NO7/c1-5-9-12-15-18-20-22-24-26-28-30-32-34-37-40-43-47-66-57-58(67-48-44-41-38-35-33-31-29-27-25-23-21-19-16-13-10-6-2)56-60(59(61)45-42-39-36-17-14-11-7-3)46-49-63-52-53-65-55-54-64-51-50-62-8-4/h24-27,58H,5-23,28-57H2,1-4H3/b26-24-,27-25-. The maximum Gasteiger partial charge on any atom is 0.222 e. The fourth-order valence-electron chi connectivity index (χ4n) is 8.35. The third-order valence-electron chi connectivity index (χ3n) is 12.7. The van der Waals surface area contributed by atoms with Crippen LogP contribution in [0.2, 0.25) is 0 Å². The van der Waals surface area contributed by atoms with Crippen LogP contribution in [0.15, 0.2) is 24.3 Å². The molecule has 0 heterocycles. The Morgan fingerprint density at radius 3 is 1.16 bits per heavy atom. The second-order valence-electron chi connectivity index (χ2n) is 19.2. The largest absolute Gasteiger partial charge is 0.379 e. The number of hydrogen-bond donors (Lipinski definition) is 0. The van der Waals surface area contributed by atoms with Crippen molar-refractivity contribution in [2.75, 3.05) is 85.8 Å². The van der Waals surface area contributed by atoms with E-state index in [0.717, 1.165) is 32.3 Å². The molecule has 1 unspecified atom stereocenters. The van der Waals surface area contributed by atoms with Crippen LogP contribution in [0, 0.1) is 0 Å². The third-order valence-corrected chi connectivity index (χ3v) is 12.7. The van der Waals surface area contributed by atoms with Gasteiger partial charge in [0.15, 0.2) is 0 Å². The molecule has 0 aromatic heterocycles. The Hall–Kier alpha value is -1.29. The molecule has 0 rings (SSSR count). The Kier molecular flexibility index (Phi) is 57.9. The lowest BCUT2D eigenvalue weighted by Gasteiger charge is -2.28. The monoisotopic (exact) mass is 950 g/mol. The summed E-state index contributed by atoms with van der Waals surface area (Å²) in [5, 5.41) is 0. The van der Waals surface area contributed by atoms with Crippen LogP contribution < -0.4 is 0 Å². The van der Waals surface area contributed by atoms with Crippen LogP contribution in [0.25, 0.3) is 0 Å². The van der Waals surface area contributed by atoms with Crippen molar-refractivity contribution in [3.05, 3.63) is 24.3 Å². The number of allylic oxidation sites excluding steroid dienone is 4. The van der Waals surface area contributed by atoms with Crippen molar-refractivity contribution in [3.63, 3.8) is 0 Å². The molecule has 67 heavy (non-hydrogen) atoms. The molecule has 0 saturated carbocycles. The number of hydrogen-bond acceptors (Lipinski definition) is 7. The zero-order chi connectivity index (χ0) is 48.5. The Morgan fingerprint density at radius 2 is 0.731 bits per heavy atom. The summed E-state index contributed by atoms with van der Waals surface area (Å²) in [5.74, 6) is 0.205. The number of rotatable bonds is 58. The van der Waals surface area contributed by atoms with Crippen molar-refractivity contribution in [3.8, 4) is 0 Å². The minimum atomic E-state index is -0.138. The van der Waals surface area contributed by atoms with Crippen LogP contribution in [0.5, 0.6) is 0 Å². The van der Waals surface area contributed by atoms with Gasteiger partial charge in [0.2, 0.25) is 5.91 Å². The fraction of sp³-hybridized carbons (Fsp3) is 0.915. The van der Waals surface area contributed by atoms with Crippen molar-refractivity contribution in [2.45, 2.75) is 265 Å². The highest BCUT2D eigenvalue weighted by atomic mass is 16.6. The summed E-state index contributed by atoms with van der Waals surface area (Å²) in [5.41, 5.74) is 0. The first-order valence-corrected chi connectivity index (χ1v) is 29.3. The van der Waals surface area contributed by atoms with Gasteiger partial charge >= 0.3 is 0 Å². The van der Waals surface area contributed by atoms with Crippen LogP contribution >= 0.6 is 0 Å². The summed E-state index contributed by atoms with van der Waals surface area (Å²) in [7, 11) is 0. The number of nitrogens with zero attached hydrogens (tertiary/aromatic N) is 1. The van der Waals surface area contributed by atoms with Gasteiger partial charge in [0.25, 0.3) is 0 Å². The van der Waals surface area contributed by atoms with Crippen LogP contribution in [-0.4, -0.2) is 103 Å². The van der Waals surface area contributed by atoms with Gasteiger partial charge in [-0.05, 0) is 77.6 Å². The smallest absolute Gasteiger partial charge is 0.222 e. The molecular formula is C59H115NO7. The van der Waals surface area contributed by atoms with E-state index >= 15 is 0 Å². The first-order valence-electron chi connectivity index (χ1n) is 29.3. The number of carbonyl (C=O) groups is 1. The summed E-state index contributed by atoms with van der Waals surface area (Å²) in [6, 6.07) is 0. The lowest BCUT2D eigenvalue weighted by Crippen LogP contribution is -2.42. The molecule has 0 bridgehead atoms. The average molecular weight is 951 g/mol. The zero-order valence-electron chi connectivity index (χ0n) is 45.3. The molecule has 0 aromatic rings. The molecule has 8 heteroatoms. The van der Waals surface area contributed by atoms with Gasteiger partial charge < -0.3 is 33.3 Å². The lowest BCUT2D eigenvalue weighted by atomic mass is 10.1. The quantitative estimate of drug-likeness (QED) is 0.0444. The SMILES string of the molecule is CCCCCCCC/C=C\CCCCCCCCOCC(CN(CCOCCOCCOCCOCC)C(=O)CCCCCCCCC)OCCCCCCCC/C=C\CCCCCCCC. The highest BCUT2D eigenvalue weighted by Gasteiger charge is 2.20. The zero-order valence-corrected chi connectivity index (χ0v) is 45.3. The van der Waals surface area contributed by atoms with Gasteiger partial charge in [-0.3, -0.25) is 4.79 Å². The Labute approximate surface area is 417 Å². The summed E-state index contributed by atoms with van der Waals surface area (Å²) in [6.07, 6.45) is 54.8. The number of amides is 1. The summed E-state index contributed by atoms with van der Waals surface area (Å²) in [4.78, 5) is 15.7. The number of ether oxygens (including phenoxy) is 6. The molecule has 0 spiro atoms. The molecular weight excluding hydrogens is 835 g/mol. The average Bonchev–Trinajstić information content (AvgIpc) is 3.33. The number of unbranched alkanes of at least 4 members (excludes halogenated alkanes) is 30. The fourth-order valence-corrected chi connectivity index (χ4v) is 8.35. The van der Waals surface area contributed by atoms with Crippen molar-refractivity contribution >= 4 is 5.91 Å². The van der Waals surface area contributed by atoms with Gasteiger partial charge in [0.05, 0.1) is 59.0 Å². The Bertz CT molecular complexity index is 993. The van der Waals surface area contributed by atoms with Crippen molar-refractivity contribution in [1.82, 2.24) is 4.90 Å². The van der Waals surface area contributed by atoms with Crippen LogP contribution in [0.1, 0.15) is 259 Å². The van der Waals surface area contributed by atoms with Crippen molar-refractivity contribution in [1.29, 1.82) is 0 Å². The van der Waals surface area contributed by atoms with E-state index in [2.05, 4.69) is 45.1 Å². The first-order chi connectivity index (χ1) is 33.2. The van der Waals surface area contributed by atoms with Crippen molar-refractivity contribution < 1.29 is 33.2 Å². The molecule has 0 aromatic carbocycles.